The van der Waals surface area contributed by atoms with E-state index in [-0.39, 0.29) is 17.8 Å². The van der Waals surface area contributed by atoms with E-state index in [1.54, 1.807) is 6.20 Å². The number of ketones is 1. The number of hydrogen-bond acceptors (Lipinski definition) is 3. The van der Waals surface area contributed by atoms with E-state index < -0.39 is 0 Å². The zero-order valence-electron chi connectivity index (χ0n) is 9.03. The summed E-state index contributed by atoms with van der Waals surface area (Å²) in [6.45, 7) is 1.90. The van der Waals surface area contributed by atoms with Crippen molar-refractivity contribution in [2.24, 2.45) is 0 Å². The smallest absolute Gasteiger partial charge is 0.147 e. The van der Waals surface area contributed by atoms with Crippen molar-refractivity contribution in [1.82, 2.24) is 10.3 Å². The second-order valence-corrected chi connectivity index (χ2v) is 4.46. The van der Waals surface area contributed by atoms with Crippen LogP contribution in [0.2, 0.25) is 0 Å². The molecule has 1 aliphatic heterocycles. The van der Waals surface area contributed by atoms with Crippen LogP contribution < -0.4 is 5.32 Å². The van der Waals surface area contributed by atoms with Gasteiger partial charge in [0.25, 0.3) is 0 Å². The Morgan fingerprint density at radius 1 is 1.31 bits per heavy atom. The number of nitrogens with one attached hydrogen (secondary N) is 1. The van der Waals surface area contributed by atoms with Crippen LogP contribution in [0.15, 0.2) is 18.5 Å². The number of pyridine rings is 1. The maximum absolute atomic E-state index is 12.2. The van der Waals surface area contributed by atoms with Crippen molar-refractivity contribution in [3.63, 3.8) is 0 Å². The molecule has 86 valence electrons. The third kappa shape index (κ3) is 1.46. The van der Waals surface area contributed by atoms with Gasteiger partial charge in [-0.3, -0.25) is 9.78 Å². The van der Waals surface area contributed by atoms with Gasteiger partial charge in [-0.15, -0.1) is 12.4 Å². The van der Waals surface area contributed by atoms with Crippen LogP contribution in [-0.4, -0.2) is 23.9 Å². The molecule has 0 saturated carbocycles. The number of halogens is 1. The predicted octanol–water partition coefficient (Wildman–Crippen LogP) is 1.25. The van der Waals surface area contributed by atoms with E-state index in [0.29, 0.717) is 12.2 Å². The van der Waals surface area contributed by atoms with Crippen LogP contribution in [0.1, 0.15) is 24.0 Å². The number of rotatable bonds is 0. The summed E-state index contributed by atoms with van der Waals surface area (Å²) in [5.74, 6) is 0.395. The zero-order chi connectivity index (χ0) is 10.3. The van der Waals surface area contributed by atoms with Crippen molar-refractivity contribution in [3.05, 3.63) is 29.6 Å². The van der Waals surface area contributed by atoms with E-state index in [4.69, 9.17) is 0 Å². The molecule has 1 N–H and O–H groups in total. The SMILES string of the molecule is Cl.O=C1Cc2cnccc2C12CCNCC2. The summed E-state index contributed by atoms with van der Waals surface area (Å²) in [6, 6.07) is 2.03. The van der Waals surface area contributed by atoms with Crippen LogP contribution in [0.3, 0.4) is 0 Å². The number of Topliss-reactive ketones (excluding diaryl/α,β-unsaturated/α-hetero) is 1. The zero-order valence-corrected chi connectivity index (χ0v) is 9.85. The molecular weight excluding hydrogens is 224 g/mol. The summed E-state index contributed by atoms with van der Waals surface area (Å²) in [5, 5.41) is 3.32. The highest BCUT2D eigenvalue weighted by Crippen LogP contribution is 2.42. The molecule has 0 amide bonds. The number of fused-ring (bicyclic) bond motifs is 2. The quantitative estimate of drug-likeness (QED) is 0.740. The fourth-order valence-electron chi connectivity index (χ4n) is 2.93. The fourth-order valence-corrected chi connectivity index (χ4v) is 2.93. The van der Waals surface area contributed by atoms with Crippen molar-refractivity contribution >= 4 is 18.2 Å². The highest BCUT2D eigenvalue weighted by atomic mass is 35.5. The van der Waals surface area contributed by atoms with Gasteiger partial charge in [0.1, 0.15) is 5.78 Å². The molecular formula is C12H15ClN2O. The van der Waals surface area contributed by atoms with Crippen LogP contribution in [0, 0.1) is 0 Å². The summed E-state index contributed by atoms with van der Waals surface area (Å²) in [6.07, 6.45) is 6.14. The number of nitrogens with zero attached hydrogens (tertiary/aromatic N) is 1. The highest BCUT2D eigenvalue weighted by molar-refractivity contribution is 5.96. The largest absolute Gasteiger partial charge is 0.317 e. The molecule has 2 aliphatic rings. The lowest BCUT2D eigenvalue weighted by atomic mass is 9.74. The Labute approximate surface area is 101 Å². The van der Waals surface area contributed by atoms with E-state index in [9.17, 15) is 4.79 Å². The van der Waals surface area contributed by atoms with Gasteiger partial charge in [-0.25, -0.2) is 0 Å². The Balaban J connectivity index is 0.000000963. The number of piperidine rings is 1. The first-order valence-corrected chi connectivity index (χ1v) is 5.50. The van der Waals surface area contributed by atoms with Gasteiger partial charge in [0, 0.05) is 18.8 Å². The Bertz CT molecular complexity index is 413. The molecule has 0 unspecified atom stereocenters. The molecule has 1 spiro atoms. The maximum atomic E-state index is 12.2. The van der Waals surface area contributed by atoms with Crippen molar-refractivity contribution in [2.75, 3.05) is 13.1 Å². The van der Waals surface area contributed by atoms with E-state index in [1.165, 1.54) is 5.56 Å². The van der Waals surface area contributed by atoms with Gasteiger partial charge in [0.15, 0.2) is 0 Å². The number of hydrogen-bond donors (Lipinski definition) is 1. The van der Waals surface area contributed by atoms with Gasteiger partial charge in [0.2, 0.25) is 0 Å². The molecule has 1 aromatic heterocycles. The van der Waals surface area contributed by atoms with Gasteiger partial charge < -0.3 is 5.32 Å². The first-order valence-electron chi connectivity index (χ1n) is 5.50. The summed E-state index contributed by atoms with van der Waals surface area (Å²) in [7, 11) is 0. The normalized spacial score (nSPS) is 21.6. The Morgan fingerprint density at radius 3 is 2.81 bits per heavy atom. The lowest BCUT2D eigenvalue weighted by molar-refractivity contribution is -0.123. The predicted molar refractivity (Wildman–Crippen MR) is 64.0 cm³/mol. The summed E-state index contributed by atoms with van der Waals surface area (Å²) in [4.78, 5) is 16.3. The average Bonchev–Trinajstić information content (AvgIpc) is 2.55. The summed E-state index contributed by atoms with van der Waals surface area (Å²) >= 11 is 0. The molecule has 1 aromatic rings. The molecule has 1 aliphatic carbocycles. The third-order valence-corrected chi connectivity index (χ3v) is 3.76. The maximum Gasteiger partial charge on any atom is 0.147 e. The van der Waals surface area contributed by atoms with Crippen LogP contribution in [0.5, 0.6) is 0 Å². The second-order valence-electron chi connectivity index (χ2n) is 4.46. The van der Waals surface area contributed by atoms with Gasteiger partial charge in [-0.2, -0.15) is 0 Å². The van der Waals surface area contributed by atoms with Gasteiger partial charge in [-0.05, 0) is 43.1 Å². The number of aromatic nitrogens is 1. The van der Waals surface area contributed by atoms with Crippen molar-refractivity contribution < 1.29 is 4.79 Å². The molecule has 3 nitrogen and oxygen atoms in total. The summed E-state index contributed by atoms with van der Waals surface area (Å²) in [5.41, 5.74) is 2.21. The molecule has 3 rings (SSSR count). The Kier molecular flexibility index (Phi) is 3.00. The molecule has 1 fully saturated rings. The minimum absolute atomic E-state index is 0. The molecule has 16 heavy (non-hydrogen) atoms. The van der Waals surface area contributed by atoms with Crippen molar-refractivity contribution in [2.45, 2.75) is 24.7 Å². The standard InChI is InChI=1S/C12H14N2O.ClH/c15-11-7-9-8-14-4-1-10(9)12(11)2-5-13-6-3-12;/h1,4,8,13H,2-3,5-7H2;1H. The van der Waals surface area contributed by atoms with Gasteiger partial charge in [-0.1, -0.05) is 0 Å². The van der Waals surface area contributed by atoms with E-state index in [2.05, 4.69) is 10.3 Å². The molecule has 0 bridgehead atoms. The number of carbonyl (C=O) groups excluding carboxylic acids is 1. The minimum Gasteiger partial charge on any atom is -0.317 e. The first-order chi connectivity index (χ1) is 7.33. The lowest BCUT2D eigenvalue weighted by Gasteiger charge is -2.33. The fraction of sp³-hybridized carbons (Fsp3) is 0.500. The summed E-state index contributed by atoms with van der Waals surface area (Å²) < 4.78 is 0. The Hall–Kier alpha value is -0.930. The molecule has 0 radical (unpaired) electrons. The lowest BCUT2D eigenvalue weighted by Crippen LogP contribution is -2.43. The highest BCUT2D eigenvalue weighted by Gasteiger charge is 2.46. The van der Waals surface area contributed by atoms with E-state index in [1.807, 2.05) is 12.3 Å². The van der Waals surface area contributed by atoms with Gasteiger partial charge >= 0.3 is 0 Å². The monoisotopic (exact) mass is 238 g/mol. The van der Waals surface area contributed by atoms with Crippen LogP contribution in [0.25, 0.3) is 0 Å². The number of carbonyl (C=O) groups is 1. The van der Waals surface area contributed by atoms with Crippen molar-refractivity contribution in [3.8, 4) is 0 Å². The first kappa shape index (κ1) is 11.6. The van der Waals surface area contributed by atoms with E-state index >= 15 is 0 Å². The second kappa shape index (κ2) is 4.15. The van der Waals surface area contributed by atoms with Crippen LogP contribution in [0.4, 0.5) is 0 Å². The topological polar surface area (TPSA) is 42.0 Å². The molecule has 2 heterocycles. The average molecular weight is 239 g/mol. The van der Waals surface area contributed by atoms with Crippen molar-refractivity contribution in [1.29, 1.82) is 0 Å². The minimum atomic E-state index is -0.177. The van der Waals surface area contributed by atoms with Gasteiger partial charge in [0.05, 0.1) is 5.41 Å². The third-order valence-electron chi connectivity index (χ3n) is 3.76. The molecule has 1 saturated heterocycles. The Morgan fingerprint density at radius 2 is 2.06 bits per heavy atom. The van der Waals surface area contributed by atoms with E-state index in [0.717, 1.165) is 31.5 Å². The van der Waals surface area contributed by atoms with Crippen LogP contribution >= 0.6 is 12.4 Å². The van der Waals surface area contributed by atoms with Crippen LogP contribution in [-0.2, 0) is 16.6 Å². The molecule has 0 aromatic carbocycles. The molecule has 4 heteroatoms. The molecule has 0 atom stereocenters.